The summed E-state index contributed by atoms with van der Waals surface area (Å²) in [4.78, 5) is 25.6. The number of halogens is 1. The van der Waals surface area contributed by atoms with Crippen molar-refractivity contribution in [3.8, 4) is 0 Å². The van der Waals surface area contributed by atoms with Crippen LogP contribution >= 0.6 is 0 Å². The van der Waals surface area contributed by atoms with E-state index in [4.69, 9.17) is 4.74 Å². The second kappa shape index (κ2) is 8.18. The first kappa shape index (κ1) is 19.0. The van der Waals surface area contributed by atoms with Crippen molar-refractivity contribution in [1.82, 2.24) is 15.5 Å². The molecule has 1 saturated heterocycles. The minimum absolute atomic E-state index is 0.0145. The number of rotatable bonds is 3. The van der Waals surface area contributed by atoms with Crippen LogP contribution in [0.4, 0.5) is 14.0 Å². The van der Waals surface area contributed by atoms with E-state index < -0.39 is 5.60 Å². The molecule has 0 bridgehead atoms. The highest BCUT2D eigenvalue weighted by molar-refractivity contribution is 5.74. The molecule has 0 saturated carbocycles. The van der Waals surface area contributed by atoms with E-state index in [1.54, 1.807) is 23.1 Å². The molecule has 6 nitrogen and oxygen atoms in total. The van der Waals surface area contributed by atoms with Crippen molar-refractivity contribution in [2.45, 2.75) is 51.8 Å². The van der Waals surface area contributed by atoms with Gasteiger partial charge < -0.3 is 20.3 Å². The Labute approximate surface area is 147 Å². The maximum absolute atomic E-state index is 13.5. The van der Waals surface area contributed by atoms with E-state index in [-0.39, 0.29) is 30.5 Å². The third-order valence-electron chi connectivity index (χ3n) is 3.88. The number of urea groups is 1. The summed E-state index contributed by atoms with van der Waals surface area (Å²) in [6.07, 6.45) is 0.994. The summed E-state index contributed by atoms with van der Waals surface area (Å²) in [5.41, 5.74) is -0.0731. The number of nitrogens with one attached hydrogen (secondary N) is 2. The summed E-state index contributed by atoms with van der Waals surface area (Å²) in [5.74, 6) is -0.339. The number of hydrogen-bond donors (Lipinski definition) is 2. The van der Waals surface area contributed by atoms with Crippen molar-refractivity contribution in [1.29, 1.82) is 0 Å². The number of piperidine rings is 1. The third-order valence-corrected chi connectivity index (χ3v) is 3.88. The minimum Gasteiger partial charge on any atom is -0.444 e. The number of ether oxygens (including phenoxy) is 1. The largest absolute Gasteiger partial charge is 0.444 e. The molecule has 0 radical (unpaired) electrons. The topological polar surface area (TPSA) is 70.7 Å². The smallest absolute Gasteiger partial charge is 0.410 e. The highest BCUT2D eigenvalue weighted by Crippen LogP contribution is 2.15. The molecule has 25 heavy (non-hydrogen) atoms. The van der Waals surface area contributed by atoms with Gasteiger partial charge in [-0.1, -0.05) is 18.2 Å². The van der Waals surface area contributed by atoms with Crippen LogP contribution in [0, 0.1) is 5.82 Å². The zero-order valence-electron chi connectivity index (χ0n) is 15.0. The second-order valence-electron chi connectivity index (χ2n) is 7.16. The standard InChI is InChI=1S/C18H26FN3O3/c1-18(2,3)25-17(24)22-10-8-14(9-11-22)21-16(23)20-12-13-6-4-5-7-15(13)19/h4-7,14H,8-12H2,1-3H3,(H2,20,21,23). The molecular weight excluding hydrogens is 325 g/mol. The number of benzene rings is 1. The van der Waals surface area contributed by atoms with E-state index >= 15 is 0 Å². The number of amides is 3. The van der Waals surface area contributed by atoms with E-state index in [2.05, 4.69) is 10.6 Å². The van der Waals surface area contributed by atoms with Crippen LogP contribution in [0.15, 0.2) is 24.3 Å². The molecule has 1 aromatic carbocycles. The molecule has 138 valence electrons. The predicted molar refractivity (Wildman–Crippen MR) is 92.6 cm³/mol. The average molecular weight is 351 g/mol. The van der Waals surface area contributed by atoms with Crippen LogP contribution in [0.2, 0.25) is 0 Å². The monoisotopic (exact) mass is 351 g/mol. The lowest BCUT2D eigenvalue weighted by Gasteiger charge is -2.33. The summed E-state index contributed by atoms with van der Waals surface area (Å²) in [7, 11) is 0. The van der Waals surface area contributed by atoms with Crippen molar-refractivity contribution in [3.05, 3.63) is 35.6 Å². The van der Waals surface area contributed by atoms with E-state index in [1.165, 1.54) is 6.07 Å². The van der Waals surface area contributed by atoms with Crippen molar-refractivity contribution >= 4 is 12.1 Å². The molecule has 0 spiro atoms. The quantitative estimate of drug-likeness (QED) is 0.879. The van der Waals surface area contributed by atoms with Crippen molar-refractivity contribution < 1.29 is 18.7 Å². The van der Waals surface area contributed by atoms with Crippen LogP contribution < -0.4 is 10.6 Å². The Balaban J connectivity index is 1.72. The van der Waals surface area contributed by atoms with Gasteiger partial charge in [-0.3, -0.25) is 0 Å². The Hall–Kier alpha value is -2.31. The predicted octanol–water partition coefficient (Wildman–Crippen LogP) is 3.02. The fourth-order valence-corrected chi connectivity index (χ4v) is 2.59. The van der Waals surface area contributed by atoms with E-state index in [0.29, 0.717) is 31.5 Å². The van der Waals surface area contributed by atoms with E-state index in [0.717, 1.165) is 0 Å². The van der Waals surface area contributed by atoms with Gasteiger partial charge in [-0.2, -0.15) is 0 Å². The summed E-state index contributed by atoms with van der Waals surface area (Å²) in [6.45, 7) is 6.70. The summed E-state index contributed by atoms with van der Waals surface area (Å²) in [6, 6.07) is 5.98. The number of carbonyl (C=O) groups is 2. The minimum atomic E-state index is -0.515. The molecule has 1 fully saturated rings. The average Bonchev–Trinajstić information content (AvgIpc) is 2.53. The molecule has 0 atom stereocenters. The molecule has 3 amide bonds. The Morgan fingerprint density at radius 1 is 1.24 bits per heavy atom. The van der Waals surface area contributed by atoms with Gasteiger partial charge in [0.15, 0.2) is 0 Å². The maximum atomic E-state index is 13.5. The molecular formula is C18H26FN3O3. The Kier molecular flexibility index (Phi) is 6.22. The number of carbonyl (C=O) groups excluding carboxylic acids is 2. The van der Waals surface area contributed by atoms with E-state index in [9.17, 15) is 14.0 Å². The fourth-order valence-electron chi connectivity index (χ4n) is 2.59. The first-order chi connectivity index (χ1) is 11.7. The molecule has 7 heteroatoms. The lowest BCUT2D eigenvalue weighted by atomic mass is 10.1. The molecule has 1 heterocycles. The first-order valence-corrected chi connectivity index (χ1v) is 8.50. The lowest BCUT2D eigenvalue weighted by Crippen LogP contribution is -2.49. The highest BCUT2D eigenvalue weighted by Gasteiger charge is 2.27. The number of hydrogen-bond acceptors (Lipinski definition) is 3. The summed E-state index contributed by atoms with van der Waals surface area (Å²) >= 11 is 0. The second-order valence-corrected chi connectivity index (χ2v) is 7.16. The van der Waals surface area contributed by atoms with Crippen molar-refractivity contribution in [3.63, 3.8) is 0 Å². The van der Waals surface area contributed by atoms with Crippen molar-refractivity contribution in [2.24, 2.45) is 0 Å². The van der Waals surface area contributed by atoms with Crippen LogP contribution in [0.3, 0.4) is 0 Å². The number of nitrogens with zero attached hydrogens (tertiary/aromatic N) is 1. The fraction of sp³-hybridized carbons (Fsp3) is 0.556. The Morgan fingerprint density at radius 2 is 1.88 bits per heavy atom. The SMILES string of the molecule is CC(C)(C)OC(=O)N1CCC(NC(=O)NCc2ccccc2F)CC1. The lowest BCUT2D eigenvalue weighted by molar-refractivity contribution is 0.0201. The summed E-state index contributed by atoms with van der Waals surface area (Å²) in [5, 5.41) is 5.52. The van der Waals surface area contributed by atoms with Crippen LogP contribution in [0.5, 0.6) is 0 Å². The van der Waals surface area contributed by atoms with Gasteiger partial charge >= 0.3 is 12.1 Å². The van der Waals surface area contributed by atoms with Gasteiger partial charge in [0.25, 0.3) is 0 Å². The Morgan fingerprint density at radius 3 is 2.48 bits per heavy atom. The summed E-state index contributed by atoms with van der Waals surface area (Å²) < 4.78 is 18.9. The van der Waals surface area contributed by atoms with E-state index in [1.807, 2.05) is 20.8 Å². The first-order valence-electron chi connectivity index (χ1n) is 8.50. The zero-order valence-corrected chi connectivity index (χ0v) is 15.0. The van der Waals surface area contributed by atoms with Crippen LogP contribution in [0.25, 0.3) is 0 Å². The molecule has 1 aliphatic heterocycles. The molecule has 2 N–H and O–H groups in total. The number of likely N-dealkylation sites (tertiary alicyclic amines) is 1. The highest BCUT2D eigenvalue weighted by atomic mass is 19.1. The van der Waals surface area contributed by atoms with Gasteiger partial charge in [0.1, 0.15) is 11.4 Å². The van der Waals surface area contributed by atoms with Gasteiger partial charge in [-0.15, -0.1) is 0 Å². The van der Waals surface area contributed by atoms with Gasteiger partial charge in [0.2, 0.25) is 0 Å². The molecule has 1 aliphatic rings. The van der Waals surface area contributed by atoms with Gasteiger partial charge in [-0.25, -0.2) is 14.0 Å². The van der Waals surface area contributed by atoms with Gasteiger partial charge in [0, 0.05) is 31.2 Å². The molecule has 0 unspecified atom stereocenters. The van der Waals surface area contributed by atoms with Crippen LogP contribution in [0.1, 0.15) is 39.2 Å². The van der Waals surface area contributed by atoms with Gasteiger partial charge in [0.05, 0.1) is 0 Å². The van der Waals surface area contributed by atoms with Crippen molar-refractivity contribution in [2.75, 3.05) is 13.1 Å². The zero-order chi connectivity index (χ0) is 18.4. The van der Waals surface area contributed by atoms with Crippen LogP contribution in [-0.2, 0) is 11.3 Å². The van der Waals surface area contributed by atoms with Crippen LogP contribution in [-0.4, -0.2) is 41.8 Å². The Bertz CT molecular complexity index is 608. The maximum Gasteiger partial charge on any atom is 0.410 e. The normalized spacial score (nSPS) is 15.6. The molecule has 1 aromatic rings. The molecule has 0 aromatic heterocycles. The van der Waals surface area contributed by atoms with Gasteiger partial charge in [-0.05, 0) is 39.7 Å². The third kappa shape index (κ3) is 6.25. The molecule has 2 rings (SSSR count). The molecule has 0 aliphatic carbocycles.